The lowest BCUT2D eigenvalue weighted by Crippen LogP contribution is -2.19. The normalized spacial score (nSPS) is 10.2. The van der Waals surface area contributed by atoms with E-state index in [4.69, 9.17) is 16.3 Å². The van der Waals surface area contributed by atoms with Crippen molar-refractivity contribution in [3.8, 4) is 5.75 Å². The first-order valence-electron chi connectivity index (χ1n) is 5.38. The van der Waals surface area contributed by atoms with Crippen LogP contribution in [0.25, 0.3) is 0 Å². The standard InChI is InChI=1S/C12H13ClN4O/c1-17(7-9-5-3-4-6-14-9)12-10(18-2)11(13)15-8-16-12/h3-6,8H,7H2,1-2H3. The van der Waals surface area contributed by atoms with Gasteiger partial charge in [-0.3, -0.25) is 4.98 Å². The molecule has 0 aromatic carbocycles. The van der Waals surface area contributed by atoms with E-state index in [2.05, 4.69) is 15.0 Å². The zero-order chi connectivity index (χ0) is 13.0. The minimum atomic E-state index is 0.301. The summed E-state index contributed by atoms with van der Waals surface area (Å²) >= 11 is 5.96. The van der Waals surface area contributed by atoms with E-state index in [0.717, 1.165) is 5.69 Å². The summed E-state index contributed by atoms with van der Waals surface area (Å²) in [6.07, 6.45) is 3.17. The number of pyridine rings is 1. The molecule has 94 valence electrons. The van der Waals surface area contributed by atoms with E-state index < -0.39 is 0 Å². The van der Waals surface area contributed by atoms with Gasteiger partial charge >= 0.3 is 0 Å². The van der Waals surface area contributed by atoms with E-state index in [1.807, 2.05) is 30.1 Å². The first-order chi connectivity index (χ1) is 8.72. The predicted molar refractivity (Wildman–Crippen MR) is 69.9 cm³/mol. The van der Waals surface area contributed by atoms with Crippen molar-refractivity contribution in [1.29, 1.82) is 0 Å². The van der Waals surface area contributed by atoms with E-state index in [9.17, 15) is 0 Å². The van der Waals surface area contributed by atoms with E-state index in [1.165, 1.54) is 6.33 Å². The van der Waals surface area contributed by atoms with Gasteiger partial charge in [0.05, 0.1) is 19.3 Å². The summed E-state index contributed by atoms with van der Waals surface area (Å²) in [5, 5.41) is 0.301. The molecule has 0 bridgehead atoms. The van der Waals surface area contributed by atoms with Gasteiger partial charge in [0.25, 0.3) is 0 Å². The molecule has 0 fully saturated rings. The van der Waals surface area contributed by atoms with E-state index in [-0.39, 0.29) is 0 Å². The molecule has 2 rings (SSSR count). The van der Waals surface area contributed by atoms with Gasteiger partial charge < -0.3 is 9.64 Å². The maximum Gasteiger partial charge on any atom is 0.199 e. The summed E-state index contributed by atoms with van der Waals surface area (Å²) in [4.78, 5) is 14.2. The maximum atomic E-state index is 5.96. The third kappa shape index (κ3) is 2.68. The zero-order valence-electron chi connectivity index (χ0n) is 10.2. The smallest absolute Gasteiger partial charge is 0.199 e. The van der Waals surface area contributed by atoms with Crippen LogP contribution >= 0.6 is 11.6 Å². The molecular formula is C12H13ClN4O. The molecule has 0 aliphatic heterocycles. The molecule has 0 radical (unpaired) electrons. The van der Waals surface area contributed by atoms with Crippen molar-refractivity contribution in [2.24, 2.45) is 0 Å². The lowest BCUT2D eigenvalue weighted by atomic mass is 10.3. The minimum Gasteiger partial charge on any atom is -0.490 e. The SMILES string of the molecule is COc1c(Cl)ncnc1N(C)Cc1ccccn1. The molecule has 0 unspecified atom stereocenters. The summed E-state index contributed by atoms with van der Waals surface area (Å²) in [6, 6.07) is 5.78. The van der Waals surface area contributed by atoms with Crippen LogP contribution in [-0.2, 0) is 6.54 Å². The second-order valence-electron chi connectivity index (χ2n) is 3.70. The molecule has 6 heteroatoms. The number of aromatic nitrogens is 3. The summed E-state index contributed by atoms with van der Waals surface area (Å²) in [7, 11) is 3.44. The van der Waals surface area contributed by atoms with Gasteiger partial charge in [0.15, 0.2) is 16.7 Å². The second kappa shape index (κ2) is 5.64. The molecule has 18 heavy (non-hydrogen) atoms. The van der Waals surface area contributed by atoms with E-state index in [1.54, 1.807) is 13.3 Å². The number of halogens is 1. The lowest BCUT2D eigenvalue weighted by Gasteiger charge is -2.19. The highest BCUT2D eigenvalue weighted by atomic mass is 35.5. The Morgan fingerprint density at radius 2 is 2.11 bits per heavy atom. The van der Waals surface area contributed by atoms with Gasteiger partial charge in [-0.05, 0) is 12.1 Å². The van der Waals surface area contributed by atoms with Crippen molar-refractivity contribution in [3.05, 3.63) is 41.6 Å². The number of rotatable bonds is 4. The Balaban J connectivity index is 2.24. The van der Waals surface area contributed by atoms with Crippen molar-refractivity contribution < 1.29 is 4.74 Å². The summed E-state index contributed by atoms with van der Waals surface area (Å²) in [5.74, 6) is 1.11. The highest BCUT2D eigenvalue weighted by Gasteiger charge is 2.14. The van der Waals surface area contributed by atoms with Gasteiger partial charge in [-0.15, -0.1) is 0 Å². The Morgan fingerprint density at radius 3 is 2.78 bits per heavy atom. The van der Waals surface area contributed by atoms with E-state index in [0.29, 0.717) is 23.3 Å². The van der Waals surface area contributed by atoms with Crippen LogP contribution in [0.2, 0.25) is 5.15 Å². The van der Waals surface area contributed by atoms with Crippen LogP contribution < -0.4 is 9.64 Å². The molecular weight excluding hydrogens is 252 g/mol. The third-order valence-electron chi connectivity index (χ3n) is 2.43. The molecule has 2 aromatic rings. The van der Waals surface area contributed by atoms with Crippen molar-refractivity contribution in [3.63, 3.8) is 0 Å². The van der Waals surface area contributed by atoms with Gasteiger partial charge in [-0.25, -0.2) is 9.97 Å². The molecule has 5 nitrogen and oxygen atoms in total. The van der Waals surface area contributed by atoms with E-state index >= 15 is 0 Å². The van der Waals surface area contributed by atoms with Crippen LogP contribution in [0.15, 0.2) is 30.7 Å². The Kier molecular flexibility index (Phi) is 3.94. The van der Waals surface area contributed by atoms with Crippen molar-refractivity contribution in [2.45, 2.75) is 6.54 Å². The fourth-order valence-corrected chi connectivity index (χ4v) is 1.81. The average Bonchev–Trinajstić information content (AvgIpc) is 2.39. The predicted octanol–water partition coefficient (Wildman–Crippen LogP) is 2.17. The quantitative estimate of drug-likeness (QED) is 0.792. The van der Waals surface area contributed by atoms with Gasteiger partial charge in [-0.2, -0.15) is 0 Å². The minimum absolute atomic E-state index is 0.301. The molecule has 0 amide bonds. The van der Waals surface area contributed by atoms with Crippen LogP contribution in [0.1, 0.15) is 5.69 Å². The average molecular weight is 265 g/mol. The topological polar surface area (TPSA) is 51.1 Å². The highest BCUT2D eigenvalue weighted by Crippen LogP contribution is 2.31. The number of hydrogen-bond donors (Lipinski definition) is 0. The van der Waals surface area contributed by atoms with Crippen LogP contribution in [0.5, 0.6) is 5.75 Å². The first-order valence-corrected chi connectivity index (χ1v) is 5.75. The van der Waals surface area contributed by atoms with Gasteiger partial charge in [-0.1, -0.05) is 17.7 Å². The largest absolute Gasteiger partial charge is 0.490 e. The Morgan fingerprint density at radius 1 is 1.28 bits per heavy atom. The monoisotopic (exact) mass is 264 g/mol. The van der Waals surface area contributed by atoms with Gasteiger partial charge in [0, 0.05) is 13.2 Å². The molecule has 2 heterocycles. The van der Waals surface area contributed by atoms with Crippen molar-refractivity contribution in [2.75, 3.05) is 19.1 Å². The number of anilines is 1. The van der Waals surface area contributed by atoms with Crippen molar-refractivity contribution >= 4 is 17.4 Å². The van der Waals surface area contributed by atoms with Crippen LogP contribution in [0.3, 0.4) is 0 Å². The number of ether oxygens (including phenoxy) is 1. The van der Waals surface area contributed by atoms with Gasteiger partial charge in [0.2, 0.25) is 0 Å². The molecule has 0 spiro atoms. The van der Waals surface area contributed by atoms with Crippen LogP contribution in [0.4, 0.5) is 5.82 Å². The second-order valence-corrected chi connectivity index (χ2v) is 4.06. The van der Waals surface area contributed by atoms with Crippen LogP contribution in [-0.4, -0.2) is 29.1 Å². The molecule has 0 aliphatic rings. The van der Waals surface area contributed by atoms with Gasteiger partial charge in [0.1, 0.15) is 6.33 Å². The number of methoxy groups -OCH3 is 1. The molecule has 0 N–H and O–H groups in total. The van der Waals surface area contributed by atoms with Crippen molar-refractivity contribution in [1.82, 2.24) is 15.0 Å². The molecule has 0 saturated carbocycles. The summed E-state index contributed by atoms with van der Waals surface area (Å²) < 4.78 is 5.22. The van der Waals surface area contributed by atoms with Crippen LogP contribution in [0, 0.1) is 0 Å². The lowest BCUT2D eigenvalue weighted by molar-refractivity contribution is 0.411. The fourth-order valence-electron chi connectivity index (χ4n) is 1.60. The summed E-state index contributed by atoms with van der Waals surface area (Å²) in [5.41, 5.74) is 0.941. The zero-order valence-corrected chi connectivity index (χ0v) is 10.9. The molecule has 0 aliphatic carbocycles. The Bertz CT molecular complexity index is 521. The fraction of sp³-hybridized carbons (Fsp3) is 0.250. The molecule has 0 saturated heterocycles. The number of nitrogens with zero attached hydrogens (tertiary/aromatic N) is 4. The summed E-state index contributed by atoms with van der Waals surface area (Å²) in [6.45, 7) is 0.616. The maximum absolute atomic E-state index is 5.96. The molecule has 2 aromatic heterocycles. The Hall–Kier alpha value is -1.88. The number of hydrogen-bond acceptors (Lipinski definition) is 5. The highest BCUT2D eigenvalue weighted by molar-refractivity contribution is 6.31. The first kappa shape index (κ1) is 12.6. The Labute approximate surface area is 110 Å². The third-order valence-corrected chi connectivity index (χ3v) is 2.70. The molecule has 0 atom stereocenters.